The first-order valence-corrected chi connectivity index (χ1v) is 9.34. The van der Waals surface area contributed by atoms with Crippen LogP contribution in [-0.2, 0) is 9.59 Å². The molecule has 1 aliphatic carbocycles. The van der Waals surface area contributed by atoms with Crippen LogP contribution in [0.1, 0.15) is 46.4 Å². The number of nitrogens with one attached hydrogen (secondary N) is 2. The molecule has 1 spiro atoms. The van der Waals surface area contributed by atoms with E-state index in [-0.39, 0.29) is 24.3 Å². The lowest BCUT2D eigenvalue weighted by Gasteiger charge is -2.36. The third-order valence-corrected chi connectivity index (χ3v) is 6.02. The molecule has 1 aromatic rings. The monoisotopic (exact) mass is 368 g/mol. The van der Waals surface area contributed by atoms with Crippen molar-refractivity contribution in [2.24, 2.45) is 0 Å². The van der Waals surface area contributed by atoms with Crippen LogP contribution in [0.15, 0.2) is 18.2 Å². The molecule has 1 atom stereocenters. The second kappa shape index (κ2) is 5.63. The Labute approximate surface area is 155 Å². The van der Waals surface area contributed by atoms with Gasteiger partial charge >= 0.3 is 0 Å². The second-order valence-electron chi connectivity index (χ2n) is 7.78. The molecule has 2 saturated heterocycles. The van der Waals surface area contributed by atoms with E-state index in [0.717, 1.165) is 43.1 Å². The Balaban J connectivity index is 1.50. The minimum absolute atomic E-state index is 0.122. The van der Waals surface area contributed by atoms with Crippen LogP contribution < -0.4 is 15.5 Å². The molecule has 27 heavy (non-hydrogen) atoms. The predicted molar refractivity (Wildman–Crippen MR) is 95.3 cm³/mol. The maximum Gasteiger partial charge on any atom is 0.264 e. The lowest BCUT2D eigenvalue weighted by atomic mass is 10.0. The summed E-state index contributed by atoms with van der Waals surface area (Å²) in [5.74, 6) is -1.85. The molecule has 0 radical (unpaired) electrons. The summed E-state index contributed by atoms with van der Waals surface area (Å²) >= 11 is 0. The number of piperidine rings is 1. The van der Waals surface area contributed by atoms with Gasteiger partial charge in [-0.1, -0.05) is 6.07 Å². The molecular weight excluding hydrogens is 348 g/mol. The number of amides is 4. The number of fused-ring (bicyclic) bond motifs is 1. The van der Waals surface area contributed by atoms with Gasteiger partial charge in [0.1, 0.15) is 6.04 Å². The molecule has 4 aliphatic rings. The first kappa shape index (κ1) is 16.4. The standard InChI is InChI=1S/C19H20N4O4/c24-14-5-4-13(16(25)21-14)23-17(26)11-2-1-3-12(15(11)18(23)27)22-9-8-20-19(10-22)6-7-19/h1-3,13,20H,4-10H2,(H,21,24,25). The van der Waals surface area contributed by atoms with Crippen molar-refractivity contribution in [3.63, 3.8) is 0 Å². The smallest absolute Gasteiger partial charge is 0.264 e. The van der Waals surface area contributed by atoms with Crippen LogP contribution in [0.3, 0.4) is 0 Å². The van der Waals surface area contributed by atoms with Crippen molar-refractivity contribution < 1.29 is 19.2 Å². The molecule has 4 amide bonds. The molecule has 0 aromatic heterocycles. The summed E-state index contributed by atoms with van der Waals surface area (Å²) in [6.45, 7) is 2.41. The first-order valence-electron chi connectivity index (χ1n) is 9.34. The fraction of sp³-hybridized carbons (Fsp3) is 0.474. The third kappa shape index (κ3) is 2.47. The molecule has 140 valence electrons. The molecule has 3 fully saturated rings. The van der Waals surface area contributed by atoms with Gasteiger partial charge < -0.3 is 10.2 Å². The van der Waals surface area contributed by atoms with E-state index in [9.17, 15) is 19.2 Å². The molecule has 1 aromatic carbocycles. The average Bonchev–Trinajstić information content (AvgIpc) is 3.35. The topological polar surface area (TPSA) is 98.8 Å². The van der Waals surface area contributed by atoms with E-state index >= 15 is 0 Å². The van der Waals surface area contributed by atoms with Crippen LogP contribution in [0.25, 0.3) is 0 Å². The summed E-state index contributed by atoms with van der Waals surface area (Å²) in [4.78, 5) is 52.9. The van der Waals surface area contributed by atoms with Crippen molar-refractivity contribution >= 4 is 29.3 Å². The Bertz CT molecular complexity index is 892. The summed E-state index contributed by atoms with van der Waals surface area (Å²) in [6, 6.07) is 4.37. The van der Waals surface area contributed by atoms with Gasteiger partial charge in [0.05, 0.1) is 16.8 Å². The van der Waals surface area contributed by atoms with E-state index in [0.29, 0.717) is 11.1 Å². The molecule has 3 aliphatic heterocycles. The van der Waals surface area contributed by atoms with Gasteiger partial charge in [-0.25, -0.2) is 0 Å². The van der Waals surface area contributed by atoms with Crippen LogP contribution >= 0.6 is 0 Å². The third-order valence-electron chi connectivity index (χ3n) is 6.02. The molecule has 0 bridgehead atoms. The number of rotatable bonds is 2. The lowest BCUT2D eigenvalue weighted by molar-refractivity contribution is -0.136. The highest BCUT2D eigenvalue weighted by Gasteiger charge is 2.49. The number of hydrogen-bond donors (Lipinski definition) is 2. The maximum absolute atomic E-state index is 13.2. The Morgan fingerprint density at radius 3 is 2.63 bits per heavy atom. The van der Waals surface area contributed by atoms with Gasteiger partial charge in [-0.05, 0) is 31.4 Å². The van der Waals surface area contributed by atoms with E-state index < -0.39 is 23.8 Å². The molecule has 1 unspecified atom stereocenters. The summed E-state index contributed by atoms with van der Waals surface area (Å²) in [6.07, 6.45) is 2.53. The number of hydrogen-bond acceptors (Lipinski definition) is 6. The number of carbonyl (C=O) groups is 4. The minimum atomic E-state index is -0.930. The largest absolute Gasteiger partial charge is 0.368 e. The fourth-order valence-electron chi connectivity index (χ4n) is 4.41. The van der Waals surface area contributed by atoms with Gasteiger partial charge in [-0.3, -0.25) is 29.4 Å². The zero-order chi connectivity index (χ0) is 18.8. The fourth-order valence-corrected chi connectivity index (χ4v) is 4.41. The number of benzene rings is 1. The van der Waals surface area contributed by atoms with Crippen LogP contribution in [0.5, 0.6) is 0 Å². The summed E-state index contributed by atoms with van der Waals surface area (Å²) in [5, 5.41) is 5.77. The van der Waals surface area contributed by atoms with Gasteiger partial charge in [0.25, 0.3) is 11.8 Å². The number of imide groups is 2. The minimum Gasteiger partial charge on any atom is -0.368 e. The zero-order valence-corrected chi connectivity index (χ0v) is 14.8. The SMILES string of the molecule is O=C1CCC(N2C(=O)c3cccc(N4CCNC5(CC5)C4)c3C2=O)C(=O)N1. The van der Waals surface area contributed by atoms with E-state index in [4.69, 9.17) is 0 Å². The molecule has 2 N–H and O–H groups in total. The van der Waals surface area contributed by atoms with Gasteiger partial charge in [-0.15, -0.1) is 0 Å². The molecule has 8 heteroatoms. The van der Waals surface area contributed by atoms with Crippen LogP contribution in [0, 0.1) is 0 Å². The van der Waals surface area contributed by atoms with E-state index in [1.807, 2.05) is 6.07 Å². The zero-order valence-electron chi connectivity index (χ0n) is 14.8. The predicted octanol–water partition coefficient (Wildman–Crippen LogP) is 0.0300. The van der Waals surface area contributed by atoms with Crippen molar-refractivity contribution in [2.45, 2.75) is 37.3 Å². The van der Waals surface area contributed by atoms with Crippen molar-refractivity contribution in [2.75, 3.05) is 24.5 Å². The summed E-state index contributed by atoms with van der Waals surface area (Å²) in [7, 11) is 0. The highest BCUT2D eigenvalue weighted by molar-refractivity contribution is 6.25. The van der Waals surface area contributed by atoms with E-state index in [1.165, 1.54) is 0 Å². The molecule has 5 rings (SSSR count). The second-order valence-corrected chi connectivity index (χ2v) is 7.78. The molecule has 3 heterocycles. The van der Waals surface area contributed by atoms with Crippen molar-refractivity contribution in [1.82, 2.24) is 15.5 Å². The summed E-state index contributed by atoms with van der Waals surface area (Å²) in [5.41, 5.74) is 1.61. The van der Waals surface area contributed by atoms with E-state index in [2.05, 4.69) is 15.5 Å². The Morgan fingerprint density at radius 2 is 1.89 bits per heavy atom. The molecule has 1 saturated carbocycles. The van der Waals surface area contributed by atoms with Gasteiger partial charge in [0.2, 0.25) is 11.8 Å². The van der Waals surface area contributed by atoms with Crippen LogP contribution in [0.2, 0.25) is 0 Å². The normalized spacial score (nSPS) is 26.4. The van der Waals surface area contributed by atoms with Crippen molar-refractivity contribution in [3.8, 4) is 0 Å². The highest BCUT2D eigenvalue weighted by atomic mass is 16.2. The van der Waals surface area contributed by atoms with Crippen molar-refractivity contribution in [1.29, 1.82) is 0 Å². The Hall–Kier alpha value is -2.74. The van der Waals surface area contributed by atoms with Crippen LogP contribution in [0.4, 0.5) is 5.69 Å². The number of carbonyl (C=O) groups excluding carboxylic acids is 4. The van der Waals surface area contributed by atoms with Gasteiger partial charge in [-0.2, -0.15) is 0 Å². The van der Waals surface area contributed by atoms with Crippen LogP contribution in [-0.4, -0.2) is 59.7 Å². The van der Waals surface area contributed by atoms with E-state index in [1.54, 1.807) is 12.1 Å². The maximum atomic E-state index is 13.2. The van der Waals surface area contributed by atoms with Gasteiger partial charge in [0, 0.05) is 31.6 Å². The Kier molecular flexibility index (Phi) is 3.42. The quantitative estimate of drug-likeness (QED) is 0.715. The molecular formula is C19H20N4O4. The first-order chi connectivity index (χ1) is 13.0. The summed E-state index contributed by atoms with van der Waals surface area (Å²) < 4.78 is 0. The van der Waals surface area contributed by atoms with Gasteiger partial charge in [0.15, 0.2) is 0 Å². The highest BCUT2D eigenvalue weighted by Crippen LogP contribution is 2.41. The number of piperazine rings is 1. The lowest BCUT2D eigenvalue weighted by Crippen LogP contribution is -2.54. The molecule has 8 nitrogen and oxygen atoms in total. The van der Waals surface area contributed by atoms with Crippen molar-refractivity contribution in [3.05, 3.63) is 29.3 Å². The number of nitrogens with zero attached hydrogens (tertiary/aromatic N) is 2. The number of anilines is 1. The average molecular weight is 368 g/mol. The Morgan fingerprint density at radius 1 is 1.07 bits per heavy atom.